The standard InChI is InChI=1S/C8H23NO4Si2/c1-10-15(11-2,12-3)13-14(4,5)8-6-7-9/h6-9H2,1-5H3. The van der Waals surface area contributed by atoms with Gasteiger partial charge in [-0.15, -0.1) is 0 Å². The van der Waals surface area contributed by atoms with Gasteiger partial charge in [0.05, 0.1) is 0 Å². The molecule has 5 nitrogen and oxygen atoms in total. The van der Waals surface area contributed by atoms with Crippen molar-refractivity contribution in [1.29, 1.82) is 0 Å². The molecule has 15 heavy (non-hydrogen) atoms. The van der Waals surface area contributed by atoms with Gasteiger partial charge in [-0.05, 0) is 32.1 Å². The fraction of sp³-hybridized carbons (Fsp3) is 1.00. The lowest BCUT2D eigenvalue weighted by Gasteiger charge is -2.32. The summed E-state index contributed by atoms with van der Waals surface area (Å²) in [5.41, 5.74) is 5.48. The van der Waals surface area contributed by atoms with Gasteiger partial charge in [0.2, 0.25) is 0 Å². The van der Waals surface area contributed by atoms with E-state index in [1.165, 1.54) is 0 Å². The van der Waals surface area contributed by atoms with E-state index in [0.717, 1.165) is 12.5 Å². The zero-order chi connectivity index (χ0) is 11.9. The molecule has 0 fully saturated rings. The molecule has 0 aliphatic carbocycles. The molecule has 0 amide bonds. The van der Waals surface area contributed by atoms with E-state index in [4.69, 9.17) is 23.1 Å². The second kappa shape index (κ2) is 6.74. The lowest BCUT2D eigenvalue weighted by molar-refractivity contribution is 0.0478. The molecule has 0 aromatic heterocycles. The highest BCUT2D eigenvalue weighted by Crippen LogP contribution is 2.20. The lowest BCUT2D eigenvalue weighted by atomic mass is 10.5. The highest BCUT2D eigenvalue weighted by atomic mass is 28.5. The minimum atomic E-state index is -2.88. The Morgan fingerprint density at radius 1 is 1.00 bits per heavy atom. The largest absolute Gasteiger partial charge is 0.668 e. The zero-order valence-electron chi connectivity index (χ0n) is 10.3. The molecule has 0 heterocycles. The van der Waals surface area contributed by atoms with Crippen molar-refractivity contribution in [3.05, 3.63) is 0 Å². The summed E-state index contributed by atoms with van der Waals surface area (Å²) >= 11 is 0. The third kappa shape index (κ3) is 5.20. The second-order valence-electron chi connectivity index (χ2n) is 3.87. The molecule has 0 unspecified atom stereocenters. The Balaban J connectivity index is 4.37. The molecule has 0 saturated carbocycles. The van der Waals surface area contributed by atoms with Crippen molar-refractivity contribution in [1.82, 2.24) is 0 Å². The van der Waals surface area contributed by atoms with E-state index in [-0.39, 0.29) is 0 Å². The number of hydrogen-bond acceptors (Lipinski definition) is 5. The monoisotopic (exact) mass is 253 g/mol. The van der Waals surface area contributed by atoms with E-state index < -0.39 is 17.4 Å². The molecule has 0 aliphatic heterocycles. The van der Waals surface area contributed by atoms with Crippen LogP contribution in [0.15, 0.2) is 0 Å². The SMILES string of the molecule is CO[Si](OC)(OC)O[Si](C)(C)CCCN. The predicted octanol–water partition coefficient (Wildman–Crippen LogP) is 0.932. The Morgan fingerprint density at radius 2 is 1.47 bits per heavy atom. The van der Waals surface area contributed by atoms with Crippen LogP contribution in [0.3, 0.4) is 0 Å². The Kier molecular flexibility index (Phi) is 6.84. The molecule has 0 rings (SSSR count). The number of rotatable bonds is 8. The first-order valence-corrected chi connectivity index (χ1v) is 9.76. The Bertz CT molecular complexity index is 168. The van der Waals surface area contributed by atoms with Crippen LogP contribution < -0.4 is 5.73 Å². The summed E-state index contributed by atoms with van der Waals surface area (Å²) in [5.74, 6) is 0. The lowest BCUT2D eigenvalue weighted by Crippen LogP contribution is -2.54. The Labute approximate surface area is 94.5 Å². The van der Waals surface area contributed by atoms with Gasteiger partial charge in [-0.3, -0.25) is 0 Å². The van der Waals surface area contributed by atoms with Gasteiger partial charge in [0, 0.05) is 21.3 Å². The van der Waals surface area contributed by atoms with E-state index in [1.807, 2.05) is 0 Å². The van der Waals surface area contributed by atoms with Crippen molar-refractivity contribution in [2.24, 2.45) is 5.73 Å². The van der Waals surface area contributed by atoms with E-state index in [9.17, 15) is 0 Å². The molecule has 0 saturated heterocycles. The first-order valence-electron chi connectivity index (χ1n) is 5.01. The maximum Gasteiger partial charge on any atom is 0.668 e. The summed E-state index contributed by atoms with van der Waals surface area (Å²) in [6.07, 6.45) is 0.959. The van der Waals surface area contributed by atoms with Crippen LogP contribution in [-0.4, -0.2) is 45.2 Å². The molecule has 0 spiro atoms. The molecule has 2 N–H and O–H groups in total. The third-order valence-corrected chi connectivity index (χ3v) is 8.40. The van der Waals surface area contributed by atoms with Crippen LogP contribution in [0, 0.1) is 0 Å². The van der Waals surface area contributed by atoms with Gasteiger partial charge in [-0.25, -0.2) is 0 Å². The molecule has 0 radical (unpaired) electrons. The molecule has 0 aromatic carbocycles. The van der Waals surface area contributed by atoms with E-state index in [1.54, 1.807) is 21.3 Å². The smallest absolute Gasteiger partial charge is 0.394 e. The van der Waals surface area contributed by atoms with Crippen LogP contribution in [0.4, 0.5) is 0 Å². The maximum absolute atomic E-state index is 5.93. The van der Waals surface area contributed by atoms with Gasteiger partial charge >= 0.3 is 9.05 Å². The van der Waals surface area contributed by atoms with Crippen LogP contribution in [0.1, 0.15) is 6.42 Å². The fourth-order valence-corrected chi connectivity index (χ4v) is 6.96. The normalized spacial score (nSPS) is 13.2. The van der Waals surface area contributed by atoms with Gasteiger partial charge in [0.25, 0.3) is 0 Å². The fourth-order valence-electron chi connectivity index (χ4n) is 1.29. The van der Waals surface area contributed by atoms with Crippen molar-refractivity contribution in [3.8, 4) is 0 Å². The van der Waals surface area contributed by atoms with Crippen molar-refractivity contribution >= 4 is 17.4 Å². The van der Waals surface area contributed by atoms with Crippen LogP contribution in [0.5, 0.6) is 0 Å². The van der Waals surface area contributed by atoms with Gasteiger partial charge in [-0.1, -0.05) is 0 Å². The van der Waals surface area contributed by atoms with Crippen LogP contribution in [-0.2, 0) is 17.4 Å². The van der Waals surface area contributed by atoms with Crippen LogP contribution >= 0.6 is 0 Å². The van der Waals surface area contributed by atoms with Gasteiger partial charge in [0.15, 0.2) is 8.32 Å². The first-order chi connectivity index (χ1) is 6.95. The van der Waals surface area contributed by atoms with Crippen molar-refractivity contribution in [2.45, 2.75) is 25.6 Å². The quantitative estimate of drug-likeness (QED) is 0.652. The van der Waals surface area contributed by atoms with Crippen LogP contribution in [0.25, 0.3) is 0 Å². The number of hydrogen-bond donors (Lipinski definition) is 1. The Morgan fingerprint density at radius 3 is 1.80 bits per heavy atom. The van der Waals surface area contributed by atoms with Crippen molar-refractivity contribution in [3.63, 3.8) is 0 Å². The molecule has 0 atom stereocenters. The van der Waals surface area contributed by atoms with Crippen molar-refractivity contribution < 1.29 is 17.4 Å². The minimum absolute atomic E-state index is 0.682. The molecule has 92 valence electrons. The summed E-state index contributed by atoms with van der Waals surface area (Å²) in [6.45, 7) is 4.91. The summed E-state index contributed by atoms with van der Waals surface area (Å²) in [4.78, 5) is 0. The van der Waals surface area contributed by atoms with E-state index in [2.05, 4.69) is 13.1 Å². The summed E-state index contributed by atoms with van der Waals surface area (Å²) in [7, 11) is -0.0530. The summed E-state index contributed by atoms with van der Waals surface area (Å²) in [5, 5.41) is 0. The molecule has 0 bridgehead atoms. The first kappa shape index (κ1) is 15.2. The maximum atomic E-state index is 5.93. The average Bonchev–Trinajstić information content (AvgIpc) is 2.23. The van der Waals surface area contributed by atoms with Gasteiger partial charge in [0.1, 0.15) is 0 Å². The summed E-state index contributed by atoms with van der Waals surface area (Å²) in [6, 6.07) is 0.980. The molecule has 0 aromatic rings. The zero-order valence-corrected chi connectivity index (χ0v) is 12.3. The topological polar surface area (TPSA) is 62.9 Å². The highest BCUT2D eigenvalue weighted by molar-refractivity contribution is 6.78. The summed E-state index contributed by atoms with van der Waals surface area (Å²) < 4.78 is 21.6. The van der Waals surface area contributed by atoms with Gasteiger partial charge < -0.3 is 23.1 Å². The minimum Gasteiger partial charge on any atom is -0.394 e. The van der Waals surface area contributed by atoms with Crippen molar-refractivity contribution in [2.75, 3.05) is 27.9 Å². The van der Waals surface area contributed by atoms with Crippen LogP contribution in [0.2, 0.25) is 19.1 Å². The Hall–Kier alpha value is 0.234. The molecular formula is C8H23NO4Si2. The second-order valence-corrected chi connectivity index (χ2v) is 10.9. The number of nitrogens with two attached hydrogens (primary N) is 1. The molecular weight excluding hydrogens is 230 g/mol. The molecule has 0 aliphatic rings. The van der Waals surface area contributed by atoms with E-state index in [0.29, 0.717) is 6.54 Å². The third-order valence-electron chi connectivity index (χ3n) is 2.13. The van der Waals surface area contributed by atoms with Gasteiger partial charge in [-0.2, -0.15) is 0 Å². The average molecular weight is 253 g/mol. The highest BCUT2D eigenvalue weighted by Gasteiger charge is 2.47. The predicted molar refractivity (Wildman–Crippen MR) is 63.8 cm³/mol. The molecule has 7 heteroatoms. The van der Waals surface area contributed by atoms with E-state index >= 15 is 0 Å².